The molecular weight excluding hydrogens is 374 g/mol. The molecule has 7 heteroatoms. The molecule has 3 aromatic rings. The van der Waals surface area contributed by atoms with Crippen LogP contribution < -0.4 is 16.4 Å². The van der Waals surface area contributed by atoms with Crippen LogP contribution in [0.25, 0.3) is 6.08 Å². The van der Waals surface area contributed by atoms with Gasteiger partial charge in [0.2, 0.25) is 0 Å². The Labute approximate surface area is 166 Å². The van der Waals surface area contributed by atoms with Gasteiger partial charge in [0.1, 0.15) is 17.5 Å². The van der Waals surface area contributed by atoms with E-state index in [0.29, 0.717) is 18.1 Å². The first-order chi connectivity index (χ1) is 14.0. The molecule has 29 heavy (non-hydrogen) atoms. The van der Waals surface area contributed by atoms with E-state index in [1.165, 1.54) is 17.3 Å². The van der Waals surface area contributed by atoms with E-state index in [2.05, 4.69) is 33.8 Å². The number of nitrogens with one attached hydrogen (secondary N) is 2. The summed E-state index contributed by atoms with van der Waals surface area (Å²) < 4.78 is 26.8. The van der Waals surface area contributed by atoms with Crippen molar-refractivity contribution in [1.82, 2.24) is 4.98 Å². The largest absolute Gasteiger partial charge is 0.380 e. The first-order valence-electron chi connectivity index (χ1n) is 9.04. The van der Waals surface area contributed by atoms with Crippen LogP contribution >= 0.6 is 0 Å². The highest BCUT2D eigenvalue weighted by Gasteiger charge is 2.13. The van der Waals surface area contributed by atoms with Gasteiger partial charge >= 0.3 is 0 Å². The molecule has 0 fully saturated rings. The number of fused-ring (bicyclic) bond motifs is 1. The average Bonchev–Trinajstić information content (AvgIpc) is 3.15. The molecule has 0 saturated carbocycles. The Morgan fingerprint density at radius 1 is 1.14 bits per heavy atom. The van der Waals surface area contributed by atoms with Gasteiger partial charge < -0.3 is 16.4 Å². The summed E-state index contributed by atoms with van der Waals surface area (Å²) in [6.45, 7) is 0.478. The van der Waals surface area contributed by atoms with Crippen LogP contribution in [0.15, 0.2) is 54.7 Å². The van der Waals surface area contributed by atoms with Crippen molar-refractivity contribution in [3.05, 3.63) is 88.6 Å². The lowest BCUT2D eigenvalue weighted by Gasteiger charge is -2.14. The number of carbonyl (C=O) groups excluding carboxylic acids is 1. The van der Waals surface area contributed by atoms with E-state index in [1.54, 1.807) is 6.07 Å². The number of halogens is 2. The Morgan fingerprint density at radius 2 is 1.93 bits per heavy atom. The van der Waals surface area contributed by atoms with Crippen molar-refractivity contribution >= 4 is 29.2 Å². The number of benzene rings is 2. The minimum atomic E-state index is -0.703. The summed E-state index contributed by atoms with van der Waals surface area (Å²) in [7, 11) is 0. The third kappa shape index (κ3) is 4.08. The van der Waals surface area contributed by atoms with Crippen LogP contribution in [0.1, 0.15) is 27.0 Å². The highest BCUT2D eigenvalue weighted by Crippen LogP contribution is 2.26. The van der Waals surface area contributed by atoms with Crippen molar-refractivity contribution in [1.29, 1.82) is 0 Å². The Balaban J connectivity index is 1.59. The molecule has 0 aliphatic heterocycles. The van der Waals surface area contributed by atoms with Gasteiger partial charge in [-0.3, -0.25) is 4.79 Å². The Kier molecular flexibility index (Phi) is 4.95. The first kappa shape index (κ1) is 18.6. The molecule has 0 spiro atoms. The number of aromatic nitrogens is 1. The zero-order valence-electron chi connectivity index (χ0n) is 15.4. The fraction of sp³-hybridized carbons (Fsp3) is 0.0909. The Morgan fingerprint density at radius 3 is 2.69 bits per heavy atom. The summed E-state index contributed by atoms with van der Waals surface area (Å²) in [6, 6.07) is 10.8. The quantitative estimate of drug-likeness (QED) is 0.581. The topological polar surface area (TPSA) is 80.0 Å². The standard InChI is InChI=1S/C22H18F2N4O/c23-15-7-16(24)9-17(8-15)28-21-10-20(19(12-27-21)22(25)29)26-11-14-5-1-3-13-4-2-6-18(13)14/h1-3,5-10,12H,4,11H2,(H2,25,29)(H2,26,27,28). The van der Waals surface area contributed by atoms with E-state index < -0.39 is 17.5 Å². The molecule has 0 saturated heterocycles. The number of amides is 1. The fourth-order valence-electron chi connectivity index (χ4n) is 3.35. The lowest BCUT2D eigenvalue weighted by molar-refractivity contribution is 0.100. The van der Waals surface area contributed by atoms with Crippen LogP contribution in [0.4, 0.5) is 26.0 Å². The molecule has 5 nitrogen and oxygen atoms in total. The molecule has 4 rings (SSSR count). The zero-order chi connectivity index (χ0) is 20.4. The van der Waals surface area contributed by atoms with Crippen molar-refractivity contribution in [2.24, 2.45) is 5.73 Å². The first-order valence-corrected chi connectivity index (χ1v) is 9.04. The maximum Gasteiger partial charge on any atom is 0.252 e. The molecule has 0 atom stereocenters. The predicted molar refractivity (Wildman–Crippen MR) is 109 cm³/mol. The Hall–Kier alpha value is -3.74. The normalized spacial score (nSPS) is 11.9. The SMILES string of the molecule is NC(=O)c1cnc(Nc2cc(F)cc(F)c2)cc1NCc1cccc2c1C=CC2. The van der Waals surface area contributed by atoms with E-state index in [1.807, 2.05) is 12.1 Å². The number of nitrogens with zero attached hydrogens (tertiary/aromatic N) is 1. The van der Waals surface area contributed by atoms with Crippen LogP contribution in [0, 0.1) is 11.6 Å². The molecule has 1 aromatic heterocycles. The van der Waals surface area contributed by atoms with Crippen molar-refractivity contribution in [2.75, 3.05) is 10.6 Å². The van der Waals surface area contributed by atoms with E-state index in [-0.39, 0.29) is 11.3 Å². The minimum absolute atomic E-state index is 0.207. The van der Waals surface area contributed by atoms with Crippen molar-refractivity contribution in [2.45, 2.75) is 13.0 Å². The number of allylic oxidation sites excluding steroid dienone is 1. The summed E-state index contributed by atoms with van der Waals surface area (Å²) in [4.78, 5) is 15.9. The number of anilines is 3. The van der Waals surface area contributed by atoms with E-state index in [4.69, 9.17) is 5.73 Å². The predicted octanol–water partition coefficient (Wildman–Crippen LogP) is 4.38. The monoisotopic (exact) mass is 392 g/mol. The van der Waals surface area contributed by atoms with Crippen LogP contribution in [0.3, 0.4) is 0 Å². The average molecular weight is 392 g/mol. The Bertz CT molecular complexity index is 1110. The lowest BCUT2D eigenvalue weighted by Crippen LogP contribution is -2.15. The van der Waals surface area contributed by atoms with Crippen LogP contribution in [-0.4, -0.2) is 10.9 Å². The molecular formula is C22H18F2N4O. The highest BCUT2D eigenvalue weighted by molar-refractivity contribution is 5.98. The number of hydrogen-bond acceptors (Lipinski definition) is 4. The van der Waals surface area contributed by atoms with Gasteiger partial charge in [-0.2, -0.15) is 0 Å². The second-order valence-electron chi connectivity index (χ2n) is 6.71. The molecule has 0 radical (unpaired) electrons. The van der Waals surface area contributed by atoms with Crippen molar-refractivity contribution < 1.29 is 13.6 Å². The second-order valence-corrected chi connectivity index (χ2v) is 6.71. The van der Waals surface area contributed by atoms with Crippen LogP contribution in [0.5, 0.6) is 0 Å². The van der Waals surface area contributed by atoms with Gasteiger partial charge in [0.25, 0.3) is 5.91 Å². The summed E-state index contributed by atoms with van der Waals surface area (Å²) in [6.07, 6.45) is 6.43. The molecule has 1 amide bonds. The molecule has 2 aromatic carbocycles. The van der Waals surface area contributed by atoms with Gasteiger partial charge in [0.05, 0.1) is 11.3 Å². The van der Waals surface area contributed by atoms with Gasteiger partial charge in [0, 0.05) is 30.6 Å². The van der Waals surface area contributed by atoms with Crippen LogP contribution in [-0.2, 0) is 13.0 Å². The molecule has 4 N–H and O–H groups in total. The van der Waals surface area contributed by atoms with Crippen LogP contribution in [0.2, 0.25) is 0 Å². The smallest absolute Gasteiger partial charge is 0.252 e. The number of nitrogens with two attached hydrogens (primary N) is 1. The summed E-state index contributed by atoms with van der Waals surface area (Å²) in [5, 5.41) is 6.06. The van der Waals surface area contributed by atoms with Gasteiger partial charge in [-0.1, -0.05) is 30.4 Å². The summed E-state index contributed by atoms with van der Waals surface area (Å²) in [5.41, 5.74) is 9.89. The minimum Gasteiger partial charge on any atom is -0.380 e. The summed E-state index contributed by atoms with van der Waals surface area (Å²) in [5.74, 6) is -1.71. The highest BCUT2D eigenvalue weighted by atomic mass is 19.1. The maximum atomic E-state index is 13.4. The molecule has 1 aliphatic carbocycles. The molecule has 0 bridgehead atoms. The number of pyridine rings is 1. The zero-order valence-corrected chi connectivity index (χ0v) is 15.4. The van der Waals surface area contributed by atoms with E-state index in [0.717, 1.165) is 30.2 Å². The van der Waals surface area contributed by atoms with E-state index in [9.17, 15) is 13.6 Å². The van der Waals surface area contributed by atoms with Gasteiger partial charge in [-0.05, 0) is 35.2 Å². The fourth-order valence-corrected chi connectivity index (χ4v) is 3.35. The van der Waals surface area contributed by atoms with Crippen molar-refractivity contribution in [3.8, 4) is 0 Å². The third-order valence-corrected chi connectivity index (χ3v) is 4.68. The van der Waals surface area contributed by atoms with Crippen molar-refractivity contribution in [3.63, 3.8) is 0 Å². The third-order valence-electron chi connectivity index (χ3n) is 4.68. The molecule has 1 aliphatic rings. The molecule has 1 heterocycles. The second kappa shape index (κ2) is 7.71. The lowest BCUT2D eigenvalue weighted by atomic mass is 10.0. The van der Waals surface area contributed by atoms with Gasteiger partial charge in [-0.15, -0.1) is 0 Å². The number of hydrogen-bond donors (Lipinski definition) is 3. The molecule has 0 unspecified atom stereocenters. The van der Waals surface area contributed by atoms with Gasteiger partial charge in [-0.25, -0.2) is 13.8 Å². The van der Waals surface area contributed by atoms with Gasteiger partial charge in [0.15, 0.2) is 0 Å². The number of carbonyl (C=O) groups is 1. The maximum absolute atomic E-state index is 13.4. The summed E-state index contributed by atoms with van der Waals surface area (Å²) >= 11 is 0. The number of primary amides is 1. The molecule has 146 valence electrons. The van der Waals surface area contributed by atoms with E-state index >= 15 is 0 Å². The number of rotatable bonds is 6.